The van der Waals surface area contributed by atoms with E-state index in [1.807, 2.05) is 60.4 Å². The van der Waals surface area contributed by atoms with Crippen molar-refractivity contribution >= 4 is 35.9 Å². The SMILES string of the molecule is C=COC(=C)COC(=O)C1(NC(=O)NC(C=O)C(C)(C)CC)CCCCC1.CC.CCC(C)CC(NC(=O)C1CCCCN1C)C(=O)C(N)=O. The molecule has 2 aliphatic rings. The molecule has 0 spiro atoms. The Labute approximate surface area is 299 Å². The highest BCUT2D eigenvalue weighted by Gasteiger charge is 2.43. The fraction of sp³-hybridized carbons (Fsp3) is 0.730. The van der Waals surface area contributed by atoms with Gasteiger partial charge in [0.25, 0.3) is 5.91 Å². The van der Waals surface area contributed by atoms with Crippen LogP contribution in [-0.4, -0.2) is 84.6 Å². The monoisotopic (exact) mass is 707 g/mol. The molecule has 5 N–H and O–H groups in total. The minimum absolute atomic E-state index is 0.115. The minimum atomic E-state index is -1.11. The Morgan fingerprint density at radius 1 is 1.04 bits per heavy atom. The normalized spacial score (nSPS) is 18.8. The van der Waals surface area contributed by atoms with E-state index in [0.29, 0.717) is 19.3 Å². The van der Waals surface area contributed by atoms with Gasteiger partial charge in [0.15, 0.2) is 0 Å². The van der Waals surface area contributed by atoms with Crippen LogP contribution in [0.15, 0.2) is 25.2 Å². The van der Waals surface area contributed by atoms with Crippen molar-refractivity contribution in [1.82, 2.24) is 20.9 Å². The number of esters is 1. The second-order valence-corrected chi connectivity index (χ2v) is 13.6. The van der Waals surface area contributed by atoms with Crippen molar-refractivity contribution in [3.63, 3.8) is 0 Å². The first-order valence-corrected chi connectivity index (χ1v) is 18.1. The first-order valence-electron chi connectivity index (χ1n) is 18.1. The van der Waals surface area contributed by atoms with Gasteiger partial charge in [-0.2, -0.15) is 0 Å². The Kier molecular flexibility index (Phi) is 21.9. The maximum Gasteiger partial charge on any atom is 0.332 e. The van der Waals surface area contributed by atoms with Crippen molar-refractivity contribution < 1.29 is 38.2 Å². The lowest BCUT2D eigenvalue weighted by Crippen LogP contribution is -2.61. The van der Waals surface area contributed by atoms with E-state index in [0.717, 1.165) is 64.2 Å². The van der Waals surface area contributed by atoms with Gasteiger partial charge in [-0.15, -0.1) is 0 Å². The van der Waals surface area contributed by atoms with Crippen LogP contribution >= 0.6 is 0 Å². The fourth-order valence-corrected chi connectivity index (χ4v) is 5.65. The summed E-state index contributed by atoms with van der Waals surface area (Å²) in [6, 6.07) is -2.23. The second-order valence-electron chi connectivity index (χ2n) is 13.6. The number of hydrogen-bond donors (Lipinski definition) is 4. The van der Waals surface area contributed by atoms with E-state index in [1.165, 1.54) is 6.26 Å². The zero-order valence-corrected chi connectivity index (χ0v) is 31.9. The topological polar surface area (TPSA) is 186 Å². The third-order valence-corrected chi connectivity index (χ3v) is 9.52. The molecule has 2 rings (SSSR count). The maximum absolute atomic E-state index is 12.7. The number of ketones is 1. The van der Waals surface area contributed by atoms with Gasteiger partial charge in [0, 0.05) is 0 Å². The smallest absolute Gasteiger partial charge is 0.332 e. The lowest BCUT2D eigenvalue weighted by atomic mass is 9.81. The van der Waals surface area contributed by atoms with Crippen LogP contribution in [0.1, 0.15) is 119 Å². The van der Waals surface area contributed by atoms with Crippen LogP contribution in [0, 0.1) is 11.3 Å². The number of likely N-dealkylation sites (N-methyl/N-ethyl adjacent to an activating group) is 1. The fourth-order valence-electron chi connectivity index (χ4n) is 5.65. The summed E-state index contributed by atoms with van der Waals surface area (Å²) in [7, 11) is 1.91. The highest BCUT2D eigenvalue weighted by molar-refractivity contribution is 6.37. The molecule has 0 bridgehead atoms. The van der Waals surface area contributed by atoms with Gasteiger partial charge in [0.2, 0.25) is 11.7 Å². The van der Waals surface area contributed by atoms with Crippen molar-refractivity contribution in [3.8, 4) is 0 Å². The van der Waals surface area contributed by atoms with Crippen LogP contribution in [-0.2, 0) is 33.4 Å². The summed E-state index contributed by atoms with van der Waals surface area (Å²) >= 11 is 0. The van der Waals surface area contributed by atoms with Crippen LogP contribution < -0.4 is 21.7 Å². The number of nitrogens with zero attached hydrogens (tertiary/aromatic N) is 1. The lowest BCUT2D eigenvalue weighted by molar-refractivity contribution is -0.152. The number of likely N-dealkylation sites (tertiary alicyclic amines) is 1. The van der Waals surface area contributed by atoms with Gasteiger partial charge in [-0.3, -0.25) is 19.3 Å². The highest BCUT2D eigenvalue weighted by atomic mass is 16.6. The average Bonchev–Trinajstić information content (AvgIpc) is 3.10. The van der Waals surface area contributed by atoms with Crippen molar-refractivity contribution in [1.29, 1.82) is 0 Å². The molecule has 0 aromatic heterocycles. The highest BCUT2D eigenvalue weighted by Crippen LogP contribution is 2.30. The van der Waals surface area contributed by atoms with Gasteiger partial charge < -0.3 is 36.0 Å². The molecule has 1 aliphatic heterocycles. The third kappa shape index (κ3) is 15.4. The van der Waals surface area contributed by atoms with Crippen LogP contribution in [0.25, 0.3) is 0 Å². The molecular weight excluding hydrogens is 642 g/mol. The number of Topliss-reactive ketones (excluding diaryl/α,β-unsaturated/α-hetero) is 1. The number of nitrogens with one attached hydrogen (secondary N) is 3. The summed E-state index contributed by atoms with van der Waals surface area (Å²) in [6.07, 6.45) is 10.4. The van der Waals surface area contributed by atoms with E-state index in [4.69, 9.17) is 15.2 Å². The number of carbonyl (C=O) groups is 6. The van der Waals surface area contributed by atoms with E-state index in [-0.39, 0.29) is 35.6 Å². The molecule has 4 atom stereocenters. The van der Waals surface area contributed by atoms with Crippen molar-refractivity contribution in [2.75, 3.05) is 20.2 Å². The van der Waals surface area contributed by atoms with Crippen molar-refractivity contribution in [2.45, 2.75) is 143 Å². The Morgan fingerprint density at radius 3 is 2.16 bits per heavy atom. The van der Waals surface area contributed by atoms with E-state index < -0.39 is 41.3 Å². The van der Waals surface area contributed by atoms with Crippen LogP contribution in [0.2, 0.25) is 0 Å². The number of piperidine rings is 1. The van der Waals surface area contributed by atoms with Gasteiger partial charge >= 0.3 is 12.0 Å². The Balaban J connectivity index is 0.000000940. The van der Waals surface area contributed by atoms with Gasteiger partial charge in [-0.1, -0.05) is 93.7 Å². The third-order valence-electron chi connectivity index (χ3n) is 9.52. The first-order chi connectivity index (χ1) is 23.6. The molecule has 1 saturated heterocycles. The summed E-state index contributed by atoms with van der Waals surface area (Å²) in [5.41, 5.74) is 3.59. The van der Waals surface area contributed by atoms with Gasteiger partial charge in [0.1, 0.15) is 24.2 Å². The summed E-state index contributed by atoms with van der Waals surface area (Å²) in [6.45, 7) is 21.6. The molecule has 4 amide bonds. The molecule has 4 unspecified atom stereocenters. The number of ether oxygens (including phenoxy) is 2. The Bertz CT molecular complexity index is 1130. The summed E-state index contributed by atoms with van der Waals surface area (Å²) in [4.78, 5) is 74.1. The molecule has 0 radical (unpaired) electrons. The van der Waals surface area contributed by atoms with Gasteiger partial charge in [-0.05, 0) is 63.5 Å². The number of rotatable bonds is 17. The molecule has 1 aliphatic carbocycles. The zero-order chi connectivity index (χ0) is 38.5. The quantitative estimate of drug-likeness (QED) is 0.0721. The van der Waals surface area contributed by atoms with Gasteiger partial charge in [0.05, 0.1) is 24.4 Å². The molecule has 13 heteroatoms. The lowest BCUT2D eigenvalue weighted by Gasteiger charge is -2.37. The standard InChI is InChI=1S/C20H32N2O5.C15H27N3O3.C2H6/c1-6-19(4,5)16(13-23)21-18(25)22-20(11-9-8-10-12-20)17(24)27-14-15(3)26-7-2;1-4-10(2)9-11(13(19)14(16)20)17-15(21)12-7-5-6-8-18(12)3;1-2/h7,13,16H,2-3,6,8-12,14H2,1,4-5H3,(H2,21,22,25);10-12H,4-9H2,1-3H3,(H2,16,20)(H,17,21);1-2H3. The molecule has 2 fully saturated rings. The molecular formula is C37H65N5O8. The number of amides is 4. The number of hydrogen-bond acceptors (Lipinski definition) is 9. The second kappa shape index (κ2) is 23.6. The van der Waals surface area contributed by atoms with Crippen molar-refractivity contribution in [3.05, 3.63) is 25.2 Å². The number of aldehydes is 1. The number of primary amides is 1. The predicted molar refractivity (Wildman–Crippen MR) is 195 cm³/mol. The average molecular weight is 708 g/mol. The molecule has 1 heterocycles. The largest absolute Gasteiger partial charge is 0.467 e. The van der Waals surface area contributed by atoms with Gasteiger partial charge in [-0.25, -0.2) is 9.59 Å². The Hall–Kier alpha value is -3.74. The molecule has 286 valence electrons. The van der Waals surface area contributed by atoms with E-state index in [1.54, 1.807) is 0 Å². The van der Waals surface area contributed by atoms with E-state index in [2.05, 4.69) is 29.1 Å². The maximum atomic E-state index is 12.7. The molecule has 50 heavy (non-hydrogen) atoms. The van der Waals surface area contributed by atoms with Crippen LogP contribution in [0.5, 0.6) is 0 Å². The van der Waals surface area contributed by atoms with E-state index in [9.17, 15) is 28.8 Å². The molecule has 1 saturated carbocycles. The summed E-state index contributed by atoms with van der Waals surface area (Å²) in [5, 5.41) is 8.20. The zero-order valence-electron chi connectivity index (χ0n) is 31.9. The predicted octanol–water partition coefficient (Wildman–Crippen LogP) is 4.68. The number of nitrogens with two attached hydrogens (primary N) is 1. The summed E-state index contributed by atoms with van der Waals surface area (Å²) in [5.74, 6) is -1.91. The first kappa shape index (κ1) is 46.3. The molecule has 0 aromatic rings. The van der Waals surface area contributed by atoms with E-state index >= 15 is 0 Å². The minimum Gasteiger partial charge on any atom is -0.467 e. The molecule has 0 aromatic carbocycles. The molecule has 13 nitrogen and oxygen atoms in total. The van der Waals surface area contributed by atoms with Crippen LogP contribution in [0.4, 0.5) is 4.79 Å². The number of urea groups is 1. The Morgan fingerprint density at radius 2 is 1.66 bits per heavy atom. The van der Waals surface area contributed by atoms with Crippen LogP contribution in [0.3, 0.4) is 0 Å². The number of carbonyl (C=O) groups excluding carboxylic acids is 6. The summed E-state index contributed by atoms with van der Waals surface area (Å²) < 4.78 is 10.3. The van der Waals surface area contributed by atoms with Crippen molar-refractivity contribution in [2.24, 2.45) is 17.1 Å².